The Morgan fingerprint density at radius 2 is 1.41 bits per heavy atom. The first-order chi connectivity index (χ1) is 8.10. The molecule has 0 unspecified atom stereocenters. The Kier molecular flexibility index (Phi) is 3.99. The molecule has 6 heteroatoms. The van der Waals surface area contributed by atoms with Crippen LogP contribution < -0.4 is 4.90 Å². The summed E-state index contributed by atoms with van der Waals surface area (Å²) in [6.07, 6.45) is 2.43. The summed E-state index contributed by atoms with van der Waals surface area (Å²) in [6, 6.07) is 5.87. The van der Waals surface area contributed by atoms with Gasteiger partial charge in [-0.1, -0.05) is 0 Å². The number of hydrogen-bond donors (Lipinski definition) is 2. The van der Waals surface area contributed by atoms with Crippen molar-refractivity contribution in [1.82, 2.24) is 0 Å². The molecule has 0 radical (unpaired) electrons. The molecule has 0 atom stereocenters. The molecule has 0 aliphatic carbocycles. The minimum absolute atomic E-state index is 0.0980. The molecule has 0 saturated carbocycles. The second kappa shape index (κ2) is 5.45. The lowest BCUT2D eigenvalue weighted by Gasteiger charge is -2.13. The maximum Gasteiger partial charge on any atom is 0.290 e. The molecule has 0 fully saturated rings. The number of hydrogen-bond acceptors (Lipinski definition) is 4. The van der Waals surface area contributed by atoms with Gasteiger partial charge in [-0.3, -0.25) is 14.4 Å². The van der Waals surface area contributed by atoms with Crippen LogP contribution in [0.4, 0.5) is 5.69 Å². The number of phenols is 1. The van der Waals surface area contributed by atoms with Crippen LogP contribution in [0, 0.1) is 0 Å². The first-order valence-corrected chi connectivity index (χ1v) is 4.53. The third kappa shape index (κ3) is 2.91. The lowest BCUT2D eigenvalue weighted by atomic mass is 10.3. The van der Waals surface area contributed by atoms with E-state index in [4.69, 9.17) is 15.0 Å². The summed E-state index contributed by atoms with van der Waals surface area (Å²) in [5.74, 6) is -0.623. The smallest absolute Gasteiger partial charge is 0.290 e. The lowest BCUT2D eigenvalue weighted by Crippen LogP contribution is -2.29. The molecule has 1 aromatic carbocycles. The fraction of sp³-hybridized carbons (Fsp3) is 0. The molecule has 0 spiro atoms. The van der Waals surface area contributed by atoms with Gasteiger partial charge >= 0.3 is 0 Å². The second-order valence-electron chi connectivity index (χ2n) is 2.97. The molecule has 0 aromatic heterocycles. The number of carbonyl (C=O) groups is 3. The zero-order valence-electron chi connectivity index (χ0n) is 8.61. The van der Waals surface area contributed by atoms with Gasteiger partial charge in [0.2, 0.25) is 0 Å². The van der Waals surface area contributed by atoms with Crippen molar-refractivity contribution in [2.45, 2.75) is 0 Å². The van der Waals surface area contributed by atoms with Crippen molar-refractivity contribution in [3.8, 4) is 5.75 Å². The molecule has 2 N–H and O–H groups in total. The molecule has 88 valence electrons. The number of imide groups is 1. The number of anilines is 1. The summed E-state index contributed by atoms with van der Waals surface area (Å²) in [5, 5.41) is 15.9. The number of aromatic hydroxyl groups is 1. The van der Waals surface area contributed by atoms with Crippen LogP contribution in [0.1, 0.15) is 0 Å². The number of benzene rings is 1. The average Bonchev–Trinajstić information content (AvgIpc) is 2.62. The number of phenolic OH excluding ortho intramolecular Hbond substituents is 1. The minimum atomic E-state index is -0.360. The van der Waals surface area contributed by atoms with E-state index in [1.165, 1.54) is 36.4 Å². The number of amides is 2. The van der Waals surface area contributed by atoms with Gasteiger partial charge in [-0.15, -0.1) is 0 Å². The van der Waals surface area contributed by atoms with E-state index in [1.807, 2.05) is 0 Å². The Balaban J connectivity index is 0.000000437. The SMILES string of the molecule is O=C1C=CC(=O)N1c1ccc(O)cc1.O=CO. The predicted molar refractivity (Wildman–Crippen MR) is 58.4 cm³/mol. The van der Waals surface area contributed by atoms with Crippen LogP contribution in [-0.2, 0) is 14.4 Å². The van der Waals surface area contributed by atoms with Crippen molar-refractivity contribution in [2.75, 3.05) is 4.90 Å². The molecule has 6 nitrogen and oxygen atoms in total. The van der Waals surface area contributed by atoms with Crippen LogP contribution >= 0.6 is 0 Å². The number of nitrogens with zero attached hydrogens (tertiary/aromatic N) is 1. The van der Waals surface area contributed by atoms with E-state index in [-0.39, 0.29) is 24.0 Å². The largest absolute Gasteiger partial charge is 0.508 e. The molecule has 1 aliphatic heterocycles. The van der Waals surface area contributed by atoms with E-state index in [0.717, 1.165) is 4.90 Å². The molecular weight excluding hydrogens is 226 g/mol. The van der Waals surface area contributed by atoms with Gasteiger partial charge in [0.05, 0.1) is 5.69 Å². The topological polar surface area (TPSA) is 94.9 Å². The van der Waals surface area contributed by atoms with Gasteiger partial charge in [-0.25, -0.2) is 4.90 Å². The minimum Gasteiger partial charge on any atom is -0.508 e. The van der Waals surface area contributed by atoms with E-state index < -0.39 is 0 Å². The van der Waals surface area contributed by atoms with Crippen LogP contribution in [-0.4, -0.2) is 28.5 Å². The van der Waals surface area contributed by atoms with E-state index in [1.54, 1.807) is 0 Å². The van der Waals surface area contributed by atoms with Gasteiger partial charge in [0.25, 0.3) is 18.3 Å². The van der Waals surface area contributed by atoms with Crippen LogP contribution in [0.3, 0.4) is 0 Å². The molecule has 0 saturated heterocycles. The average molecular weight is 235 g/mol. The van der Waals surface area contributed by atoms with Crippen LogP contribution in [0.25, 0.3) is 0 Å². The fourth-order valence-electron chi connectivity index (χ4n) is 1.26. The van der Waals surface area contributed by atoms with Crippen LogP contribution in [0.5, 0.6) is 5.75 Å². The lowest BCUT2D eigenvalue weighted by molar-refractivity contribution is -0.123. The summed E-state index contributed by atoms with van der Waals surface area (Å²) in [4.78, 5) is 31.9. The maximum atomic E-state index is 11.2. The Bertz CT molecular complexity index is 445. The van der Waals surface area contributed by atoms with Crippen molar-refractivity contribution in [2.24, 2.45) is 0 Å². The highest BCUT2D eigenvalue weighted by Crippen LogP contribution is 2.21. The molecule has 2 amide bonds. The normalized spacial score (nSPS) is 13.3. The third-order valence-electron chi connectivity index (χ3n) is 1.92. The van der Waals surface area contributed by atoms with E-state index in [2.05, 4.69) is 0 Å². The van der Waals surface area contributed by atoms with E-state index in [9.17, 15) is 9.59 Å². The monoisotopic (exact) mass is 235 g/mol. The van der Waals surface area contributed by atoms with Crippen molar-refractivity contribution in [3.05, 3.63) is 36.4 Å². The molecule has 17 heavy (non-hydrogen) atoms. The van der Waals surface area contributed by atoms with Crippen molar-refractivity contribution in [1.29, 1.82) is 0 Å². The van der Waals surface area contributed by atoms with Gasteiger partial charge in [0, 0.05) is 12.2 Å². The summed E-state index contributed by atoms with van der Waals surface area (Å²) < 4.78 is 0. The summed E-state index contributed by atoms with van der Waals surface area (Å²) >= 11 is 0. The Hall–Kier alpha value is -2.63. The van der Waals surface area contributed by atoms with Crippen molar-refractivity contribution in [3.63, 3.8) is 0 Å². The summed E-state index contributed by atoms with van der Waals surface area (Å²) in [6.45, 7) is -0.250. The van der Waals surface area contributed by atoms with Crippen LogP contribution in [0.15, 0.2) is 36.4 Å². The highest BCUT2D eigenvalue weighted by Gasteiger charge is 2.24. The molecule has 0 bridgehead atoms. The van der Waals surface area contributed by atoms with Gasteiger partial charge in [-0.2, -0.15) is 0 Å². The Morgan fingerprint density at radius 3 is 1.82 bits per heavy atom. The Labute approximate surface area is 96.4 Å². The Morgan fingerprint density at radius 1 is 1.00 bits per heavy atom. The summed E-state index contributed by atoms with van der Waals surface area (Å²) in [5.41, 5.74) is 0.461. The van der Waals surface area contributed by atoms with Crippen LogP contribution in [0.2, 0.25) is 0 Å². The highest BCUT2D eigenvalue weighted by molar-refractivity contribution is 6.28. The van der Waals surface area contributed by atoms with Crippen molar-refractivity contribution >= 4 is 24.0 Å². The quantitative estimate of drug-likeness (QED) is 0.546. The second-order valence-corrected chi connectivity index (χ2v) is 2.97. The van der Waals surface area contributed by atoms with Gasteiger partial charge in [0.15, 0.2) is 0 Å². The first kappa shape index (κ1) is 12.4. The number of carbonyl (C=O) groups excluding carboxylic acids is 2. The number of carboxylic acid groups (broad SMARTS) is 1. The molecule has 1 aromatic rings. The molecular formula is C11H9NO5. The first-order valence-electron chi connectivity index (χ1n) is 4.53. The summed E-state index contributed by atoms with van der Waals surface area (Å²) in [7, 11) is 0. The zero-order valence-corrected chi connectivity index (χ0v) is 8.61. The molecule has 1 aliphatic rings. The standard InChI is InChI=1S/C10H7NO3.CH2O2/c12-8-3-1-7(2-4-8)11-9(13)5-6-10(11)14;2-1-3/h1-6,12H;1H,(H,2,3). The number of rotatable bonds is 1. The van der Waals surface area contributed by atoms with Gasteiger partial charge < -0.3 is 10.2 Å². The predicted octanol–water partition coefficient (Wildman–Crippen LogP) is 0.522. The molecule has 1 heterocycles. The zero-order chi connectivity index (χ0) is 12.8. The highest BCUT2D eigenvalue weighted by atomic mass is 16.3. The van der Waals surface area contributed by atoms with E-state index >= 15 is 0 Å². The maximum absolute atomic E-state index is 11.2. The van der Waals surface area contributed by atoms with Gasteiger partial charge in [0.1, 0.15) is 5.75 Å². The van der Waals surface area contributed by atoms with Gasteiger partial charge in [-0.05, 0) is 24.3 Å². The van der Waals surface area contributed by atoms with E-state index in [0.29, 0.717) is 5.69 Å². The van der Waals surface area contributed by atoms with Crippen molar-refractivity contribution < 1.29 is 24.6 Å². The molecule has 2 rings (SSSR count). The third-order valence-corrected chi connectivity index (χ3v) is 1.92. The fourth-order valence-corrected chi connectivity index (χ4v) is 1.26.